The van der Waals surface area contributed by atoms with Gasteiger partial charge in [-0.15, -0.1) is 0 Å². The summed E-state index contributed by atoms with van der Waals surface area (Å²) in [7, 11) is 5.32. The summed E-state index contributed by atoms with van der Waals surface area (Å²) in [6.07, 6.45) is 5.34. The molecule has 2 rings (SSSR count). The Kier molecular flexibility index (Phi) is 5.76. The smallest absolute Gasteiger partial charge is 0.196 e. The minimum atomic E-state index is -0.108. The topological polar surface area (TPSA) is 55.3 Å². The largest absolute Gasteiger partial charge is 0.497 e. The molecule has 0 atom stereocenters. The number of carbonyl (C=O) groups excluding carboxylic acids is 1. The van der Waals surface area contributed by atoms with Crippen LogP contribution in [0.2, 0.25) is 0 Å². The van der Waals surface area contributed by atoms with Crippen LogP contribution in [0.4, 0.5) is 0 Å². The van der Waals surface area contributed by atoms with Crippen molar-refractivity contribution in [2.24, 2.45) is 0 Å². The molecule has 0 fully saturated rings. The van der Waals surface area contributed by atoms with Crippen molar-refractivity contribution in [2.75, 3.05) is 27.5 Å². The third kappa shape index (κ3) is 4.32. The van der Waals surface area contributed by atoms with Crippen molar-refractivity contribution in [3.8, 4) is 5.75 Å². The molecule has 23 heavy (non-hydrogen) atoms. The molecule has 0 radical (unpaired) electrons. The van der Waals surface area contributed by atoms with Gasteiger partial charge in [-0.25, -0.2) is 9.97 Å². The number of Topliss-reactive ketones (excluding diaryl/α,β-unsaturated/α-hetero) is 1. The lowest BCUT2D eigenvalue weighted by atomic mass is 10.0. The van der Waals surface area contributed by atoms with Gasteiger partial charge in [-0.3, -0.25) is 4.79 Å². The summed E-state index contributed by atoms with van der Waals surface area (Å²) in [5, 5.41) is 0.630. The molecule has 0 N–H and O–H groups in total. The van der Waals surface area contributed by atoms with Crippen LogP contribution >= 0.6 is 11.8 Å². The average molecular weight is 329 g/mol. The highest BCUT2D eigenvalue weighted by atomic mass is 32.2. The van der Waals surface area contributed by atoms with Crippen LogP contribution in [0.3, 0.4) is 0 Å². The van der Waals surface area contributed by atoms with Crippen molar-refractivity contribution in [1.82, 2.24) is 14.9 Å². The Bertz CT molecular complexity index is 729. The van der Waals surface area contributed by atoms with Gasteiger partial charge in [0.1, 0.15) is 5.75 Å². The molecule has 0 saturated heterocycles. The fourth-order valence-electron chi connectivity index (χ4n) is 2.01. The number of hydrogen-bond acceptors (Lipinski definition) is 6. The number of aromatic nitrogens is 2. The van der Waals surface area contributed by atoms with E-state index in [1.165, 1.54) is 11.8 Å². The van der Waals surface area contributed by atoms with Crippen molar-refractivity contribution < 1.29 is 9.53 Å². The minimum absolute atomic E-state index is 0.108. The quantitative estimate of drug-likeness (QED) is 0.351. The summed E-state index contributed by atoms with van der Waals surface area (Å²) < 4.78 is 5.20. The van der Waals surface area contributed by atoms with Crippen LogP contribution in [0.5, 0.6) is 5.75 Å². The van der Waals surface area contributed by atoms with Gasteiger partial charge in [-0.1, -0.05) is 23.9 Å². The maximum atomic E-state index is 12.9. The molecule has 2 aromatic rings. The fraction of sp³-hybridized carbons (Fsp3) is 0.235. The third-order valence-electron chi connectivity index (χ3n) is 3.06. The van der Waals surface area contributed by atoms with Crippen molar-refractivity contribution in [1.29, 1.82) is 0 Å². The van der Waals surface area contributed by atoms with Crippen LogP contribution in [-0.4, -0.2) is 48.1 Å². The number of nitrogens with zero attached hydrogens (tertiary/aromatic N) is 3. The van der Waals surface area contributed by atoms with E-state index in [-0.39, 0.29) is 5.78 Å². The molecule has 0 aliphatic carbocycles. The molecule has 0 aliphatic heterocycles. The molecule has 1 aromatic carbocycles. The van der Waals surface area contributed by atoms with Crippen molar-refractivity contribution in [3.05, 3.63) is 54.0 Å². The van der Waals surface area contributed by atoms with E-state index in [4.69, 9.17) is 4.74 Å². The highest BCUT2D eigenvalue weighted by molar-refractivity contribution is 7.98. The maximum Gasteiger partial charge on any atom is 0.196 e. The zero-order valence-electron chi connectivity index (χ0n) is 13.6. The molecular formula is C17H19N3O2S. The number of hydrogen-bond donors (Lipinski definition) is 0. The van der Waals surface area contributed by atoms with Gasteiger partial charge < -0.3 is 9.64 Å². The lowest BCUT2D eigenvalue weighted by molar-refractivity contribution is 0.105. The molecule has 0 aliphatic rings. The third-order valence-corrected chi connectivity index (χ3v) is 3.62. The van der Waals surface area contributed by atoms with Gasteiger partial charge in [-0.2, -0.15) is 0 Å². The minimum Gasteiger partial charge on any atom is -0.497 e. The van der Waals surface area contributed by atoms with Gasteiger partial charge in [0.05, 0.1) is 18.4 Å². The monoisotopic (exact) mass is 329 g/mol. The first-order valence-corrected chi connectivity index (χ1v) is 8.22. The lowest BCUT2D eigenvalue weighted by Gasteiger charge is -2.12. The molecule has 5 nitrogen and oxygen atoms in total. The van der Waals surface area contributed by atoms with E-state index in [2.05, 4.69) is 9.97 Å². The number of methoxy groups -OCH3 is 1. The van der Waals surface area contributed by atoms with Gasteiger partial charge >= 0.3 is 0 Å². The van der Waals surface area contributed by atoms with Gasteiger partial charge in [0.25, 0.3) is 0 Å². The molecular weight excluding hydrogens is 310 g/mol. The van der Waals surface area contributed by atoms with Crippen LogP contribution in [0.15, 0.2) is 47.9 Å². The number of allylic oxidation sites excluding steroid dienone is 1. The Hall–Kier alpha value is -2.34. The number of thioether (sulfide) groups is 1. The first kappa shape index (κ1) is 17.0. The van der Waals surface area contributed by atoms with E-state index in [1.807, 2.05) is 31.3 Å². The lowest BCUT2D eigenvalue weighted by Crippen LogP contribution is -2.11. The first-order valence-electron chi connectivity index (χ1n) is 6.99. The predicted molar refractivity (Wildman–Crippen MR) is 92.8 cm³/mol. The number of benzene rings is 1. The second-order valence-electron chi connectivity index (χ2n) is 5.00. The summed E-state index contributed by atoms with van der Waals surface area (Å²) in [6, 6.07) is 8.84. The summed E-state index contributed by atoms with van der Waals surface area (Å²) in [5.74, 6) is 0.538. The first-order chi connectivity index (χ1) is 11.0. The van der Waals surface area contributed by atoms with Crippen LogP contribution in [0, 0.1) is 0 Å². The highest BCUT2D eigenvalue weighted by Gasteiger charge is 2.17. The van der Waals surface area contributed by atoms with Crippen LogP contribution in [-0.2, 0) is 0 Å². The summed E-state index contributed by atoms with van der Waals surface area (Å²) in [6.45, 7) is 0. The zero-order valence-corrected chi connectivity index (χ0v) is 14.4. The second kappa shape index (κ2) is 7.78. The van der Waals surface area contributed by atoms with E-state index in [0.717, 1.165) is 0 Å². The van der Waals surface area contributed by atoms with Crippen molar-refractivity contribution in [2.45, 2.75) is 5.16 Å². The summed E-state index contributed by atoms with van der Waals surface area (Å²) in [4.78, 5) is 23.4. The molecule has 0 bridgehead atoms. The van der Waals surface area contributed by atoms with Gasteiger partial charge in [0.15, 0.2) is 10.9 Å². The number of ketones is 1. The van der Waals surface area contributed by atoms with Crippen molar-refractivity contribution >= 4 is 23.1 Å². The van der Waals surface area contributed by atoms with Gasteiger partial charge in [0, 0.05) is 32.1 Å². The van der Waals surface area contributed by atoms with E-state index >= 15 is 0 Å². The molecule has 120 valence electrons. The zero-order chi connectivity index (χ0) is 16.8. The molecule has 0 unspecified atom stereocenters. The van der Waals surface area contributed by atoms with Gasteiger partial charge in [0.2, 0.25) is 0 Å². The number of carbonyl (C=O) groups is 1. The molecule has 1 aromatic heterocycles. The Morgan fingerprint density at radius 1 is 1.30 bits per heavy atom. The molecule has 0 spiro atoms. The number of ether oxygens (including phenoxy) is 1. The fourth-order valence-corrected chi connectivity index (χ4v) is 2.36. The normalized spacial score (nSPS) is 11.2. The summed E-state index contributed by atoms with van der Waals surface area (Å²) in [5.41, 5.74) is 1.67. The molecule has 1 heterocycles. The second-order valence-corrected chi connectivity index (χ2v) is 5.77. The van der Waals surface area contributed by atoms with Crippen LogP contribution in [0.25, 0.3) is 5.57 Å². The Balaban J connectivity index is 2.48. The molecule has 6 heteroatoms. The van der Waals surface area contributed by atoms with E-state index in [9.17, 15) is 4.79 Å². The predicted octanol–water partition coefficient (Wildman–Crippen LogP) is 2.99. The Labute approximate surface area is 140 Å². The van der Waals surface area contributed by atoms with E-state index < -0.39 is 0 Å². The van der Waals surface area contributed by atoms with Crippen molar-refractivity contribution in [3.63, 3.8) is 0 Å². The Morgan fingerprint density at radius 2 is 2.09 bits per heavy atom. The number of rotatable bonds is 6. The standard InChI is InChI=1S/C17H19N3O2S/c1-20(2)11-14(15-8-9-18-17(19-15)23-4)16(21)12-6-5-7-13(10-12)22-3/h5-11H,1-4H3. The van der Waals surface area contributed by atoms with Crippen LogP contribution < -0.4 is 4.74 Å². The highest BCUT2D eigenvalue weighted by Crippen LogP contribution is 2.22. The summed E-state index contributed by atoms with van der Waals surface area (Å²) >= 11 is 1.44. The molecule has 0 amide bonds. The maximum absolute atomic E-state index is 12.9. The average Bonchev–Trinajstić information content (AvgIpc) is 2.59. The van der Waals surface area contributed by atoms with E-state index in [1.54, 1.807) is 43.8 Å². The van der Waals surface area contributed by atoms with E-state index in [0.29, 0.717) is 27.7 Å². The molecule has 0 saturated carbocycles. The SMILES string of the molecule is COc1cccc(C(=O)C(=CN(C)C)c2ccnc(SC)n2)c1. The van der Waals surface area contributed by atoms with Gasteiger partial charge in [-0.05, 0) is 24.5 Å². The van der Waals surface area contributed by atoms with Crippen LogP contribution in [0.1, 0.15) is 16.1 Å². The Morgan fingerprint density at radius 3 is 2.74 bits per heavy atom.